The molecule has 0 aliphatic rings. The second-order valence-electron chi connectivity index (χ2n) is 3.18. The van der Waals surface area contributed by atoms with Crippen molar-refractivity contribution >= 4 is 0 Å². The van der Waals surface area contributed by atoms with E-state index in [-0.39, 0.29) is 0 Å². The summed E-state index contributed by atoms with van der Waals surface area (Å²) in [6.07, 6.45) is 0.843. The lowest BCUT2D eigenvalue weighted by atomic mass is 10.3. The molecule has 2 nitrogen and oxygen atoms in total. The topological polar surface area (TPSA) is 29.5 Å². The van der Waals surface area contributed by atoms with E-state index in [0.29, 0.717) is 6.61 Å². The zero-order valence-corrected chi connectivity index (χ0v) is 11.2. The number of aliphatic hydroxyl groups excluding tert-OH is 1. The molecule has 0 fully saturated rings. The molecule has 0 radical (unpaired) electrons. The maximum atomic E-state index is 8.89. The Morgan fingerprint density at radius 3 is 1.94 bits per heavy atom. The van der Waals surface area contributed by atoms with Gasteiger partial charge in [0.15, 0.2) is 0 Å². The Kier molecular flexibility index (Phi) is 15.2. The van der Waals surface area contributed by atoms with Gasteiger partial charge in [-0.1, -0.05) is 52.3 Å². The van der Waals surface area contributed by atoms with Crippen LogP contribution in [-0.4, -0.2) is 17.8 Å². The average molecular weight is 226 g/mol. The summed E-state index contributed by atoms with van der Waals surface area (Å²) in [5.74, 6) is 0.799. The van der Waals surface area contributed by atoms with Gasteiger partial charge in [0.05, 0.1) is 6.10 Å². The second-order valence-corrected chi connectivity index (χ2v) is 3.18. The lowest BCUT2D eigenvalue weighted by Crippen LogP contribution is -2.12. The quantitative estimate of drug-likeness (QED) is 0.847. The van der Waals surface area contributed by atoms with Gasteiger partial charge in [0, 0.05) is 0 Å². The fourth-order valence-corrected chi connectivity index (χ4v) is 0.734. The average Bonchev–Trinajstić information content (AvgIpc) is 2.31. The largest absolute Gasteiger partial charge is 0.491 e. The first-order valence-electron chi connectivity index (χ1n) is 6.06. The minimum Gasteiger partial charge on any atom is -0.491 e. The standard InChI is InChI=1S/C9H12O2.C3H8.C2H6/c1-8(10)7-11-9-5-3-2-4-6-9;1-3-2;1-2/h2-6,8,10H,7H2,1H3;3H2,1-2H3;1-2H3. The molecule has 1 atom stereocenters. The van der Waals surface area contributed by atoms with Crippen LogP contribution < -0.4 is 4.74 Å². The van der Waals surface area contributed by atoms with E-state index in [0.717, 1.165) is 5.75 Å². The lowest BCUT2D eigenvalue weighted by Gasteiger charge is -2.06. The van der Waals surface area contributed by atoms with Crippen LogP contribution in [0.3, 0.4) is 0 Å². The summed E-state index contributed by atoms with van der Waals surface area (Å²) >= 11 is 0. The van der Waals surface area contributed by atoms with Crippen molar-refractivity contribution in [3.05, 3.63) is 30.3 Å². The van der Waals surface area contributed by atoms with Gasteiger partial charge in [-0.05, 0) is 19.1 Å². The molecular formula is C14H26O2. The van der Waals surface area contributed by atoms with Crippen molar-refractivity contribution < 1.29 is 9.84 Å². The number of rotatable bonds is 3. The van der Waals surface area contributed by atoms with Gasteiger partial charge in [-0.3, -0.25) is 0 Å². The molecule has 16 heavy (non-hydrogen) atoms. The highest BCUT2D eigenvalue weighted by Crippen LogP contribution is 2.07. The number of benzene rings is 1. The smallest absolute Gasteiger partial charge is 0.119 e. The maximum absolute atomic E-state index is 8.89. The molecule has 0 amide bonds. The Bertz CT molecular complexity index is 207. The van der Waals surface area contributed by atoms with Crippen LogP contribution in [0.4, 0.5) is 0 Å². The number of ether oxygens (including phenoxy) is 1. The van der Waals surface area contributed by atoms with Gasteiger partial charge in [0.2, 0.25) is 0 Å². The Hall–Kier alpha value is -1.02. The summed E-state index contributed by atoms with van der Waals surface area (Å²) in [4.78, 5) is 0. The van der Waals surface area contributed by atoms with E-state index in [4.69, 9.17) is 9.84 Å². The van der Waals surface area contributed by atoms with Crippen LogP contribution in [0.5, 0.6) is 5.75 Å². The molecule has 1 aromatic rings. The zero-order valence-electron chi connectivity index (χ0n) is 11.2. The Morgan fingerprint density at radius 2 is 1.56 bits per heavy atom. The van der Waals surface area contributed by atoms with Gasteiger partial charge in [-0.2, -0.15) is 0 Å². The molecule has 0 saturated heterocycles. The normalized spacial score (nSPS) is 10.1. The van der Waals surface area contributed by atoms with Crippen molar-refractivity contribution in [1.82, 2.24) is 0 Å². The molecule has 0 aliphatic carbocycles. The molecule has 1 unspecified atom stereocenters. The fourth-order valence-electron chi connectivity index (χ4n) is 0.734. The van der Waals surface area contributed by atoms with Crippen molar-refractivity contribution in [2.24, 2.45) is 0 Å². The van der Waals surface area contributed by atoms with Crippen molar-refractivity contribution in [3.8, 4) is 5.75 Å². The number of hydrogen-bond donors (Lipinski definition) is 1. The van der Waals surface area contributed by atoms with Crippen LogP contribution in [0, 0.1) is 0 Å². The number of para-hydroxylation sites is 1. The highest BCUT2D eigenvalue weighted by Gasteiger charge is 1.95. The molecule has 0 spiro atoms. The summed E-state index contributed by atoms with van der Waals surface area (Å²) in [5.41, 5.74) is 0. The second kappa shape index (κ2) is 14.0. The molecule has 0 bridgehead atoms. The fraction of sp³-hybridized carbons (Fsp3) is 0.571. The SMILES string of the molecule is CC.CC(O)COc1ccccc1.CCC. The van der Waals surface area contributed by atoms with E-state index in [9.17, 15) is 0 Å². The first kappa shape index (κ1) is 17.4. The minimum absolute atomic E-state index is 0.351. The summed E-state index contributed by atoms with van der Waals surface area (Å²) in [6, 6.07) is 9.45. The predicted molar refractivity (Wildman–Crippen MR) is 70.9 cm³/mol. The van der Waals surface area contributed by atoms with Crippen LogP contribution in [0.25, 0.3) is 0 Å². The molecule has 0 aromatic heterocycles. The van der Waals surface area contributed by atoms with E-state index >= 15 is 0 Å². The molecular weight excluding hydrogens is 200 g/mol. The zero-order chi connectivity index (χ0) is 12.8. The Labute approximate surface area is 100 Å². The number of aliphatic hydroxyl groups is 1. The van der Waals surface area contributed by atoms with Gasteiger partial charge in [-0.15, -0.1) is 0 Å². The van der Waals surface area contributed by atoms with Crippen LogP contribution in [0.2, 0.25) is 0 Å². The molecule has 0 heterocycles. The molecule has 0 saturated carbocycles. The maximum Gasteiger partial charge on any atom is 0.119 e. The van der Waals surface area contributed by atoms with Crippen LogP contribution in [-0.2, 0) is 0 Å². The summed E-state index contributed by atoms with van der Waals surface area (Å²) in [5, 5.41) is 8.89. The Morgan fingerprint density at radius 1 is 1.12 bits per heavy atom. The van der Waals surface area contributed by atoms with E-state index in [1.807, 2.05) is 44.2 Å². The van der Waals surface area contributed by atoms with E-state index in [1.165, 1.54) is 6.42 Å². The van der Waals surface area contributed by atoms with E-state index in [2.05, 4.69) is 13.8 Å². The van der Waals surface area contributed by atoms with Gasteiger partial charge >= 0.3 is 0 Å². The summed E-state index contributed by atoms with van der Waals surface area (Å²) < 4.78 is 5.22. The third-order valence-corrected chi connectivity index (χ3v) is 1.23. The van der Waals surface area contributed by atoms with Gasteiger partial charge < -0.3 is 9.84 Å². The highest BCUT2D eigenvalue weighted by molar-refractivity contribution is 5.20. The summed E-state index contributed by atoms with van der Waals surface area (Å²) in [6.45, 7) is 10.3. The monoisotopic (exact) mass is 226 g/mol. The molecule has 0 aliphatic heterocycles. The highest BCUT2D eigenvalue weighted by atomic mass is 16.5. The van der Waals surface area contributed by atoms with Gasteiger partial charge in [0.25, 0.3) is 0 Å². The lowest BCUT2D eigenvalue weighted by molar-refractivity contribution is 0.123. The Balaban J connectivity index is 0. The third-order valence-electron chi connectivity index (χ3n) is 1.23. The van der Waals surface area contributed by atoms with E-state index < -0.39 is 6.10 Å². The molecule has 1 N–H and O–H groups in total. The van der Waals surface area contributed by atoms with Crippen molar-refractivity contribution in [3.63, 3.8) is 0 Å². The molecule has 94 valence electrons. The summed E-state index contributed by atoms with van der Waals surface area (Å²) in [7, 11) is 0. The van der Waals surface area contributed by atoms with Crippen LogP contribution in [0.15, 0.2) is 30.3 Å². The van der Waals surface area contributed by atoms with Crippen LogP contribution in [0.1, 0.15) is 41.0 Å². The molecule has 1 aromatic carbocycles. The van der Waals surface area contributed by atoms with Gasteiger partial charge in [-0.25, -0.2) is 0 Å². The third kappa shape index (κ3) is 13.0. The van der Waals surface area contributed by atoms with Crippen molar-refractivity contribution in [2.45, 2.75) is 47.1 Å². The van der Waals surface area contributed by atoms with Crippen LogP contribution >= 0.6 is 0 Å². The molecule has 2 heteroatoms. The first-order valence-corrected chi connectivity index (χ1v) is 6.06. The minimum atomic E-state index is -0.407. The predicted octanol–water partition coefficient (Wildman–Crippen LogP) is 3.89. The van der Waals surface area contributed by atoms with Crippen molar-refractivity contribution in [2.75, 3.05) is 6.61 Å². The molecule has 1 rings (SSSR count). The number of hydrogen-bond acceptors (Lipinski definition) is 2. The van der Waals surface area contributed by atoms with E-state index in [1.54, 1.807) is 6.92 Å². The first-order chi connectivity index (χ1) is 7.70. The van der Waals surface area contributed by atoms with Gasteiger partial charge in [0.1, 0.15) is 12.4 Å². The van der Waals surface area contributed by atoms with Crippen molar-refractivity contribution in [1.29, 1.82) is 0 Å².